The number of hydrogen-bond donors (Lipinski definition) is 1. The summed E-state index contributed by atoms with van der Waals surface area (Å²) in [6.07, 6.45) is 1.60. The molecule has 1 aromatic heterocycles. The third kappa shape index (κ3) is 4.10. The Bertz CT molecular complexity index is 1230. The molecule has 1 heterocycles. The molecular weight excluding hydrogens is 367 g/mol. The second-order valence-electron chi connectivity index (χ2n) is 6.38. The van der Waals surface area contributed by atoms with Crippen LogP contribution in [-0.4, -0.2) is 11.1 Å². The molecule has 0 aliphatic rings. The first kappa shape index (κ1) is 18.3. The summed E-state index contributed by atoms with van der Waals surface area (Å²) >= 11 is 0. The van der Waals surface area contributed by atoms with Gasteiger partial charge in [-0.1, -0.05) is 42.2 Å². The fourth-order valence-electron chi connectivity index (χ4n) is 2.99. The highest BCUT2D eigenvalue weighted by Gasteiger charge is 2.10. The summed E-state index contributed by atoms with van der Waals surface area (Å²) in [5.74, 6) is 5.36. The maximum absolute atomic E-state index is 13.2. The molecule has 4 aromatic rings. The molecule has 3 nitrogen and oxygen atoms in total. The van der Waals surface area contributed by atoms with Gasteiger partial charge in [0.05, 0.1) is 11.8 Å². The molecule has 0 unspecified atom stereocenters. The van der Waals surface area contributed by atoms with Gasteiger partial charge in [0.2, 0.25) is 0 Å². The lowest BCUT2D eigenvalue weighted by Crippen LogP contribution is -2.00. The van der Waals surface area contributed by atoms with Crippen LogP contribution in [0.2, 0.25) is 0 Å². The standard InChI is InChI=1S/C25H15FO3/c26-22-11-8-18(9-12-22)19-10-13-23(25(27)28)20(16-19)7-6-17-3-1-4-21(15-17)24-5-2-14-29-24/h1-5,8-16H,(H,27,28). The van der Waals surface area contributed by atoms with Crippen LogP contribution >= 0.6 is 0 Å². The van der Waals surface area contributed by atoms with Crippen LogP contribution in [0.25, 0.3) is 22.5 Å². The normalized spacial score (nSPS) is 10.2. The minimum atomic E-state index is -1.05. The Morgan fingerprint density at radius 1 is 0.828 bits per heavy atom. The van der Waals surface area contributed by atoms with Crippen molar-refractivity contribution in [2.75, 3.05) is 0 Å². The zero-order valence-electron chi connectivity index (χ0n) is 15.2. The number of carbonyl (C=O) groups is 1. The lowest BCUT2D eigenvalue weighted by Gasteiger charge is -2.05. The summed E-state index contributed by atoms with van der Waals surface area (Å²) in [6.45, 7) is 0. The van der Waals surface area contributed by atoms with Crippen molar-refractivity contribution in [3.63, 3.8) is 0 Å². The first-order valence-corrected chi connectivity index (χ1v) is 8.89. The number of halogens is 1. The third-order valence-corrected chi connectivity index (χ3v) is 4.44. The van der Waals surface area contributed by atoms with Crippen LogP contribution < -0.4 is 0 Å². The van der Waals surface area contributed by atoms with Gasteiger partial charge in [0.15, 0.2) is 0 Å². The van der Waals surface area contributed by atoms with E-state index in [1.807, 2.05) is 36.4 Å². The molecule has 0 spiro atoms. The number of furan rings is 1. The molecular formula is C25H15FO3. The first-order chi connectivity index (χ1) is 14.1. The van der Waals surface area contributed by atoms with Crippen molar-refractivity contribution < 1.29 is 18.7 Å². The Kier molecular flexibility index (Phi) is 4.96. The highest BCUT2D eigenvalue weighted by Crippen LogP contribution is 2.24. The average molecular weight is 382 g/mol. The molecule has 0 amide bonds. The lowest BCUT2D eigenvalue weighted by molar-refractivity contribution is 0.0696. The van der Waals surface area contributed by atoms with Crippen LogP contribution in [-0.2, 0) is 0 Å². The van der Waals surface area contributed by atoms with E-state index in [2.05, 4.69) is 11.8 Å². The SMILES string of the molecule is O=C(O)c1ccc(-c2ccc(F)cc2)cc1C#Cc1cccc(-c2ccco2)c1. The van der Waals surface area contributed by atoms with Gasteiger partial charge >= 0.3 is 5.97 Å². The van der Waals surface area contributed by atoms with E-state index in [0.717, 1.165) is 28.0 Å². The number of aromatic carboxylic acids is 1. The largest absolute Gasteiger partial charge is 0.478 e. The molecule has 0 bridgehead atoms. The minimum Gasteiger partial charge on any atom is -0.478 e. The van der Waals surface area contributed by atoms with Gasteiger partial charge < -0.3 is 9.52 Å². The van der Waals surface area contributed by atoms with Crippen molar-refractivity contribution in [3.05, 3.63) is 108 Å². The molecule has 4 rings (SSSR count). The molecule has 0 saturated carbocycles. The van der Waals surface area contributed by atoms with Gasteiger partial charge in [-0.25, -0.2) is 9.18 Å². The molecule has 4 heteroatoms. The summed E-state index contributed by atoms with van der Waals surface area (Å²) in [6, 6.07) is 22.2. The van der Waals surface area contributed by atoms with Gasteiger partial charge in [0.1, 0.15) is 11.6 Å². The van der Waals surface area contributed by atoms with Crippen LogP contribution in [0, 0.1) is 17.7 Å². The molecule has 3 aromatic carbocycles. The zero-order chi connectivity index (χ0) is 20.2. The molecule has 29 heavy (non-hydrogen) atoms. The number of hydrogen-bond acceptors (Lipinski definition) is 2. The van der Waals surface area contributed by atoms with Gasteiger partial charge in [0.25, 0.3) is 0 Å². The van der Waals surface area contributed by atoms with Crippen LogP contribution in [0.5, 0.6) is 0 Å². The number of carboxylic acids is 1. The summed E-state index contributed by atoms with van der Waals surface area (Å²) < 4.78 is 18.6. The number of rotatable bonds is 3. The third-order valence-electron chi connectivity index (χ3n) is 4.44. The summed E-state index contributed by atoms with van der Waals surface area (Å²) in [5.41, 5.74) is 3.69. The van der Waals surface area contributed by atoms with Crippen molar-refractivity contribution in [1.29, 1.82) is 0 Å². The maximum Gasteiger partial charge on any atom is 0.336 e. The summed E-state index contributed by atoms with van der Waals surface area (Å²) in [5, 5.41) is 9.50. The van der Waals surface area contributed by atoms with Gasteiger partial charge in [-0.15, -0.1) is 0 Å². The van der Waals surface area contributed by atoms with Crippen molar-refractivity contribution in [1.82, 2.24) is 0 Å². The first-order valence-electron chi connectivity index (χ1n) is 8.89. The molecule has 0 aliphatic carbocycles. The highest BCUT2D eigenvalue weighted by molar-refractivity contribution is 5.92. The average Bonchev–Trinajstić information content (AvgIpc) is 3.28. The zero-order valence-corrected chi connectivity index (χ0v) is 15.2. The lowest BCUT2D eigenvalue weighted by atomic mass is 9.99. The van der Waals surface area contributed by atoms with Crippen LogP contribution in [0.1, 0.15) is 21.5 Å². The molecule has 0 aliphatic heterocycles. The van der Waals surface area contributed by atoms with E-state index in [4.69, 9.17) is 4.42 Å². The highest BCUT2D eigenvalue weighted by atomic mass is 19.1. The Labute approximate surface area is 167 Å². The Hall–Kier alpha value is -4.10. The molecule has 0 radical (unpaired) electrons. The minimum absolute atomic E-state index is 0.116. The number of carboxylic acid groups (broad SMARTS) is 1. The Morgan fingerprint density at radius 2 is 1.62 bits per heavy atom. The van der Waals surface area contributed by atoms with E-state index in [1.54, 1.807) is 30.5 Å². The summed E-state index contributed by atoms with van der Waals surface area (Å²) in [7, 11) is 0. The monoisotopic (exact) mass is 382 g/mol. The van der Waals surface area contributed by atoms with E-state index < -0.39 is 5.97 Å². The molecule has 1 N–H and O–H groups in total. The second-order valence-corrected chi connectivity index (χ2v) is 6.38. The fourth-order valence-corrected chi connectivity index (χ4v) is 2.99. The maximum atomic E-state index is 13.2. The van der Waals surface area contributed by atoms with E-state index in [-0.39, 0.29) is 11.4 Å². The van der Waals surface area contributed by atoms with E-state index >= 15 is 0 Å². The predicted molar refractivity (Wildman–Crippen MR) is 109 cm³/mol. The Balaban J connectivity index is 1.73. The smallest absolute Gasteiger partial charge is 0.336 e. The van der Waals surface area contributed by atoms with Crippen LogP contribution in [0.4, 0.5) is 4.39 Å². The van der Waals surface area contributed by atoms with E-state index in [9.17, 15) is 14.3 Å². The van der Waals surface area contributed by atoms with Gasteiger partial charge in [-0.2, -0.15) is 0 Å². The molecule has 0 fully saturated rings. The Morgan fingerprint density at radius 3 is 2.34 bits per heavy atom. The molecule has 0 saturated heterocycles. The van der Waals surface area contributed by atoms with Crippen LogP contribution in [0.15, 0.2) is 89.5 Å². The molecule has 0 atom stereocenters. The van der Waals surface area contributed by atoms with E-state index in [0.29, 0.717) is 5.56 Å². The molecule has 140 valence electrons. The van der Waals surface area contributed by atoms with Crippen LogP contribution in [0.3, 0.4) is 0 Å². The summed E-state index contributed by atoms with van der Waals surface area (Å²) in [4.78, 5) is 11.6. The fraction of sp³-hybridized carbons (Fsp3) is 0. The second kappa shape index (κ2) is 7.87. The quantitative estimate of drug-likeness (QED) is 0.452. The van der Waals surface area contributed by atoms with Gasteiger partial charge in [0, 0.05) is 16.7 Å². The van der Waals surface area contributed by atoms with Crippen molar-refractivity contribution in [2.45, 2.75) is 0 Å². The predicted octanol–water partition coefficient (Wildman–Crippen LogP) is 5.85. The van der Waals surface area contributed by atoms with Gasteiger partial charge in [-0.3, -0.25) is 0 Å². The van der Waals surface area contributed by atoms with E-state index in [1.165, 1.54) is 18.2 Å². The van der Waals surface area contributed by atoms with Crippen molar-refractivity contribution in [3.8, 4) is 34.3 Å². The van der Waals surface area contributed by atoms with Crippen molar-refractivity contribution in [2.24, 2.45) is 0 Å². The topological polar surface area (TPSA) is 50.4 Å². The number of benzene rings is 3. The van der Waals surface area contributed by atoms with Gasteiger partial charge in [-0.05, 0) is 59.7 Å². The van der Waals surface area contributed by atoms with Crippen molar-refractivity contribution >= 4 is 5.97 Å².